The van der Waals surface area contributed by atoms with Gasteiger partial charge >= 0.3 is 0 Å². The zero-order valence-electron chi connectivity index (χ0n) is 10.3. The Kier molecular flexibility index (Phi) is 4.34. The Morgan fingerprint density at radius 1 is 1.22 bits per heavy atom. The van der Waals surface area contributed by atoms with Gasteiger partial charge in [-0.1, -0.05) is 19.3 Å². The van der Waals surface area contributed by atoms with E-state index >= 15 is 0 Å². The van der Waals surface area contributed by atoms with E-state index in [0.29, 0.717) is 11.5 Å². The first-order valence-corrected chi connectivity index (χ1v) is 6.38. The Labute approximate surface area is 107 Å². The van der Waals surface area contributed by atoms with Gasteiger partial charge in [0.15, 0.2) is 0 Å². The first kappa shape index (κ1) is 12.6. The minimum absolute atomic E-state index is 0.150. The van der Waals surface area contributed by atoms with Crippen molar-refractivity contribution in [2.24, 2.45) is 11.0 Å². The number of phenolic OH excluding ortho intramolecular Hbond substituents is 1. The maximum absolute atomic E-state index is 11.7. The van der Waals surface area contributed by atoms with Crippen LogP contribution in [0.2, 0.25) is 0 Å². The van der Waals surface area contributed by atoms with Gasteiger partial charge in [-0.05, 0) is 43.0 Å². The number of benzene rings is 1. The number of phenols is 1. The van der Waals surface area contributed by atoms with E-state index in [2.05, 4.69) is 10.5 Å². The maximum Gasteiger partial charge on any atom is 0.271 e. The molecule has 18 heavy (non-hydrogen) atoms. The number of hydrogen-bond acceptors (Lipinski definition) is 3. The van der Waals surface area contributed by atoms with Gasteiger partial charge in [-0.2, -0.15) is 5.10 Å². The molecule has 1 aromatic carbocycles. The smallest absolute Gasteiger partial charge is 0.271 e. The Bertz CT molecular complexity index is 420. The van der Waals surface area contributed by atoms with Gasteiger partial charge in [0.1, 0.15) is 5.75 Å². The largest absolute Gasteiger partial charge is 0.508 e. The van der Waals surface area contributed by atoms with Crippen LogP contribution in [0.25, 0.3) is 0 Å². The molecule has 96 valence electrons. The Balaban J connectivity index is 1.83. The molecular formula is C14H18N2O2. The highest BCUT2D eigenvalue weighted by molar-refractivity contribution is 5.94. The van der Waals surface area contributed by atoms with Gasteiger partial charge in [-0.3, -0.25) is 4.79 Å². The van der Waals surface area contributed by atoms with Crippen molar-refractivity contribution in [3.63, 3.8) is 0 Å². The van der Waals surface area contributed by atoms with Gasteiger partial charge in [-0.15, -0.1) is 0 Å². The van der Waals surface area contributed by atoms with Crippen LogP contribution in [0.15, 0.2) is 29.4 Å². The van der Waals surface area contributed by atoms with E-state index in [4.69, 9.17) is 5.11 Å². The quantitative estimate of drug-likeness (QED) is 0.636. The van der Waals surface area contributed by atoms with Crippen molar-refractivity contribution in [3.05, 3.63) is 29.8 Å². The van der Waals surface area contributed by atoms with Crippen molar-refractivity contribution >= 4 is 12.1 Å². The van der Waals surface area contributed by atoms with Crippen molar-refractivity contribution < 1.29 is 9.90 Å². The summed E-state index contributed by atoms with van der Waals surface area (Å²) in [7, 11) is 0. The second-order valence-electron chi connectivity index (χ2n) is 4.66. The molecule has 0 spiro atoms. The summed E-state index contributed by atoms with van der Waals surface area (Å²) in [4.78, 5) is 11.7. The molecular weight excluding hydrogens is 228 g/mol. The topological polar surface area (TPSA) is 61.7 Å². The fourth-order valence-electron chi connectivity index (χ4n) is 2.16. The van der Waals surface area contributed by atoms with Crippen molar-refractivity contribution in [2.45, 2.75) is 32.1 Å². The van der Waals surface area contributed by atoms with Crippen molar-refractivity contribution in [2.75, 3.05) is 0 Å². The Morgan fingerprint density at radius 2 is 1.89 bits per heavy atom. The van der Waals surface area contributed by atoms with Crippen LogP contribution in [0, 0.1) is 5.92 Å². The summed E-state index contributed by atoms with van der Waals surface area (Å²) in [5.41, 5.74) is 3.01. The number of rotatable bonds is 3. The lowest BCUT2D eigenvalue weighted by molar-refractivity contribution is 0.0955. The number of nitrogens with zero attached hydrogens (tertiary/aromatic N) is 1. The summed E-state index contributed by atoms with van der Waals surface area (Å²) in [6, 6.07) is 6.11. The Hall–Kier alpha value is -1.84. The zero-order chi connectivity index (χ0) is 12.8. The van der Waals surface area contributed by atoms with Gasteiger partial charge in [0, 0.05) is 11.8 Å². The molecule has 0 saturated heterocycles. The predicted molar refractivity (Wildman–Crippen MR) is 70.6 cm³/mol. The predicted octanol–water partition coefficient (Wildman–Crippen LogP) is 2.69. The van der Waals surface area contributed by atoms with Crippen LogP contribution in [-0.4, -0.2) is 17.2 Å². The second-order valence-corrected chi connectivity index (χ2v) is 4.66. The average molecular weight is 246 g/mol. The molecule has 4 nitrogen and oxygen atoms in total. The van der Waals surface area contributed by atoms with Gasteiger partial charge in [-0.25, -0.2) is 5.43 Å². The van der Waals surface area contributed by atoms with Gasteiger partial charge in [0.25, 0.3) is 5.91 Å². The number of aromatic hydroxyl groups is 1. The Morgan fingerprint density at radius 3 is 2.56 bits per heavy atom. The lowest BCUT2D eigenvalue weighted by atomic mass is 9.90. The van der Waals surface area contributed by atoms with Gasteiger partial charge in [0.2, 0.25) is 0 Å². The first-order valence-electron chi connectivity index (χ1n) is 6.38. The molecule has 1 aliphatic carbocycles. The molecule has 0 aromatic heterocycles. The molecule has 1 aliphatic rings. The third-order valence-corrected chi connectivity index (χ3v) is 3.23. The highest BCUT2D eigenvalue weighted by atomic mass is 16.3. The van der Waals surface area contributed by atoms with Crippen LogP contribution in [0.3, 0.4) is 0 Å². The highest BCUT2D eigenvalue weighted by Gasteiger charge is 2.11. The number of nitrogens with one attached hydrogen (secondary N) is 1. The monoisotopic (exact) mass is 246 g/mol. The number of amides is 1. The summed E-state index contributed by atoms with van der Waals surface area (Å²) < 4.78 is 0. The van der Waals surface area contributed by atoms with Crippen LogP contribution in [0.1, 0.15) is 42.5 Å². The number of hydrogen-bond donors (Lipinski definition) is 2. The van der Waals surface area contributed by atoms with Crippen LogP contribution < -0.4 is 5.43 Å². The molecule has 2 rings (SSSR count). The normalized spacial score (nSPS) is 16.9. The maximum atomic E-state index is 11.7. The molecule has 1 fully saturated rings. The molecule has 0 radical (unpaired) electrons. The number of carbonyl (C=O) groups excluding carboxylic acids is 1. The van der Waals surface area contributed by atoms with Crippen molar-refractivity contribution in [3.8, 4) is 5.75 Å². The molecule has 0 atom stereocenters. The molecule has 4 heteroatoms. The van der Waals surface area contributed by atoms with Crippen LogP contribution in [-0.2, 0) is 0 Å². The minimum Gasteiger partial charge on any atom is -0.508 e. The lowest BCUT2D eigenvalue weighted by Crippen LogP contribution is -2.19. The third-order valence-electron chi connectivity index (χ3n) is 3.23. The molecule has 1 saturated carbocycles. The molecule has 1 amide bonds. The van der Waals surface area contributed by atoms with E-state index in [0.717, 1.165) is 0 Å². The van der Waals surface area contributed by atoms with E-state index in [-0.39, 0.29) is 11.7 Å². The van der Waals surface area contributed by atoms with Crippen molar-refractivity contribution in [1.82, 2.24) is 5.43 Å². The number of carbonyl (C=O) groups is 1. The molecule has 0 unspecified atom stereocenters. The van der Waals surface area contributed by atoms with Gasteiger partial charge in [0.05, 0.1) is 0 Å². The molecule has 0 aliphatic heterocycles. The fourth-order valence-corrected chi connectivity index (χ4v) is 2.16. The minimum atomic E-state index is -0.248. The van der Waals surface area contributed by atoms with E-state index < -0.39 is 0 Å². The summed E-state index contributed by atoms with van der Waals surface area (Å²) >= 11 is 0. The SMILES string of the molecule is O=C(NN=CC1CCCCC1)c1ccc(O)cc1. The second kappa shape index (κ2) is 6.19. The van der Waals surface area contributed by atoms with Crippen LogP contribution >= 0.6 is 0 Å². The molecule has 2 N–H and O–H groups in total. The van der Waals surface area contributed by atoms with Crippen LogP contribution in [0.4, 0.5) is 0 Å². The first-order chi connectivity index (χ1) is 8.75. The van der Waals surface area contributed by atoms with E-state index in [1.807, 2.05) is 6.21 Å². The van der Waals surface area contributed by atoms with Crippen molar-refractivity contribution in [1.29, 1.82) is 0 Å². The summed E-state index contributed by atoms with van der Waals surface area (Å²) in [6.45, 7) is 0. The summed E-state index contributed by atoms with van der Waals surface area (Å²) in [5, 5.41) is 13.1. The molecule has 1 aromatic rings. The summed E-state index contributed by atoms with van der Waals surface area (Å²) in [6.07, 6.45) is 7.99. The zero-order valence-corrected chi connectivity index (χ0v) is 10.3. The van der Waals surface area contributed by atoms with E-state index in [9.17, 15) is 4.79 Å². The average Bonchev–Trinajstić information content (AvgIpc) is 2.40. The van der Waals surface area contributed by atoms with E-state index in [1.54, 1.807) is 12.1 Å². The standard InChI is InChI=1S/C14H18N2O2/c17-13-8-6-12(7-9-13)14(18)16-15-10-11-4-2-1-3-5-11/h6-11,17H,1-5H2,(H,16,18). The lowest BCUT2D eigenvalue weighted by Gasteiger charge is -2.16. The fraction of sp³-hybridized carbons (Fsp3) is 0.429. The van der Waals surface area contributed by atoms with Gasteiger partial charge < -0.3 is 5.11 Å². The molecule has 0 bridgehead atoms. The highest BCUT2D eigenvalue weighted by Crippen LogP contribution is 2.21. The van der Waals surface area contributed by atoms with Crippen LogP contribution in [0.5, 0.6) is 5.75 Å². The summed E-state index contributed by atoms with van der Waals surface area (Å²) in [5.74, 6) is 0.401. The molecule has 0 heterocycles. The third kappa shape index (κ3) is 3.58. The number of hydrazone groups is 1. The van der Waals surface area contributed by atoms with E-state index in [1.165, 1.54) is 44.2 Å².